The lowest BCUT2D eigenvalue weighted by Gasteiger charge is -2.08. The predicted molar refractivity (Wildman–Crippen MR) is 73.6 cm³/mol. The summed E-state index contributed by atoms with van der Waals surface area (Å²) in [6, 6.07) is 5.23. The quantitative estimate of drug-likeness (QED) is 0.875. The molecular formula is C14H17FN2OS. The molecular weight excluding hydrogens is 263 g/mol. The fourth-order valence-electron chi connectivity index (χ4n) is 1.60. The van der Waals surface area contributed by atoms with Crippen LogP contribution in [0.2, 0.25) is 0 Å². The van der Waals surface area contributed by atoms with E-state index >= 15 is 0 Å². The van der Waals surface area contributed by atoms with Gasteiger partial charge in [-0.05, 0) is 41.9 Å². The van der Waals surface area contributed by atoms with Crippen LogP contribution in [-0.2, 0) is 6.54 Å². The summed E-state index contributed by atoms with van der Waals surface area (Å²) in [7, 11) is 0. The van der Waals surface area contributed by atoms with E-state index in [2.05, 4.69) is 24.1 Å². The van der Waals surface area contributed by atoms with Crippen LogP contribution in [0.15, 0.2) is 45.2 Å². The van der Waals surface area contributed by atoms with Gasteiger partial charge in [-0.3, -0.25) is 0 Å². The van der Waals surface area contributed by atoms with Crippen molar-refractivity contribution in [2.75, 3.05) is 6.54 Å². The lowest BCUT2D eigenvalue weighted by Crippen LogP contribution is -2.18. The van der Waals surface area contributed by atoms with Crippen LogP contribution in [0.1, 0.15) is 19.4 Å². The molecule has 1 aromatic heterocycles. The molecule has 0 spiro atoms. The first-order valence-electron chi connectivity index (χ1n) is 6.21. The molecule has 0 unspecified atom stereocenters. The molecule has 0 amide bonds. The van der Waals surface area contributed by atoms with Gasteiger partial charge in [-0.1, -0.05) is 19.9 Å². The Morgan fingerprint density at radius 2 is 2.26 bits per heavy atom. The maximum atomic E-state index is 13.9. The number of benzene rings is 1. The first kappa shape index (κ1) is 14.1. The summed E-state index contributed by atoms with van der Waals surface area (Å²) in [6.45, 7) is 5.89. The molecule has 2 aromatic rings. The Labute approximate surface area is 116 Å². The van der Waals surface area contributed by atoms with Crippen molar-refractivity contribution in [1.29, 1.82) is 0 Å². The summed E-state index contributed by atoms with van der Waals surface area (Å²) in [6.07, 6.45) is 3.02. The lowest BCUT2D eigenvalue weighted by molar-refractivity contribution is 0.453. The normalized spacial score (nSPS) is 11.2. The number of hydrogen-bond acceptors (Lipinski definition) is 4. The van der Waals surface area contributed by atoms with E-state index in [4.69, 9.17) is 4.42 Å². The number of nitrogens with zero attached hydrogens (tertiary/aromatic N) is 1. The number of oxazole rings is 1. The highest BCUT2D eigenvalue weighted by molar-refractivity contribution is 7.99. The minimum atomic E-state index is -0.243. The summed E-state index contributed by atoms with van der Waals surface area (Å²) in [5, 5.41) is 3.74. The van der Waals surface area contributed by atoms with Gasteiger partial charge < -0.3 is 9.73 Å². The highest BCUT2D eigenvalue weighted by atomic mass is 32.2. The van der Waals surface area contributed by atoms with Crippen LogP contribution in [0.25, 0.3) is 0 Å². The van der Waals surface area contributed by atoms with Gasteiger partial charge in [0.15, 0.2) is 0 Å². The molecule has 0 bridgehead atoms. The molecule has 0 aliphatic carbocycles. The van der Waals surface area contributed by atoms with Crippen molar-refractivity contribution in [3.8, 4) is 0 Å². The van der Waals surface area contributed by atoms with Crippen LogP contribution < -0.4 is 5.32 Å². The van der Waals surface area contributed by atoms with Crippen molar-refractivity contribution < 1.29 is 8.81 Å². The molecule has 1 aromatic carbocycles. The first-order valence-corrected chi connectivity index (χ1v) is 7.03. The van der Waals surface area contributed by atoms with Gasteiger partial charge in [0.05, 0.1) is 11.1 Å². The van der Waals surface area contributed by atoms with Crippen LogP contribution in [0.4, 0.5) is 4.39 Å². The van der Waals surface area contributed by atoms with Gasteiger partial charge in [0, 0.05) is 6.54 Å². The largest absolute Gasteiger partial charge is 0.440 e. The van der Waals surface area contributed by atoms with E-state index in [1.54, 1.807) is 18.3 Å². The van der Waals surface area contributed by atoms with E-state index in [0.29, 0.717) is 22.6 Å². The molecule has 0 aliphatic heterocycles. The zero-order valence-electron chi connectivity index (χ0n) is 11.0. The predicted octanol–water partition coefficient (Wildman–Crippen LogP) is 3.71. The van der Waals surface area contributed by atoms with Gasteiger partial charge in [0.25, 0.3) is 5.22 Å². The van der Waals surface area contributed by atoms with Gasteiger partial charge in [0.1, 0.15) is 12.1 Å². The molecule has 1 heterocycles. The van der Waals surface area contributed by atoms with E-state index < -0.39 is 0 Å². The van der Waals surface area contributed by atoms with Crippen LogP contribution in [0.5, 0.6) is 0 Å². The Hall–Kier alpha value is -1.33. The number of hydrogen-bond donors (Lipinski definition) is 1. The summed E-state index contributed by atoms with van der Waals surface area (Å²) in [4.78, 5) is 4.48. The molecule has 0 saturated heterocycles. The zero-order valence-corrected chi connectivity index (χ0v) is 11.8. The lowest BCUT2D eigenvalue weighted by atomic mass is 10.2. The van der Waals surface area contributed by atoms with Crippen molar-refractivity contribution in [3.05, 3.63) is 42.0 Å². The first-order chi connectivity index (χ1) is 9.15. The second-order valence-electron chi connectivity index (χ2n) is 4.69. The standard InChI is InChI=1S/C14H17FN2OS/c1-10(2)8-16-9-11-3-4-13(12(15)7-11)19-14-17-5-6-18-14/h3-7,10,16H,8-9H2,1-2H3. The summed E-state index contributed by atoms with van der Waals surface area (Å²) < 4.78 is 19.0. The second-order valence-corrected chi connectivity index (χ2v) is 5.68. The number of halogens is 1. The Kier molecular flexibility index (Phi) is 4.99. The van der Waals surface area contributed by atoms with Gasteiger partial charge in [-0.2, -0.15) is 0 Å². The van der Waals surface area contributed by atoms with Gasteiger partial charge in [-0.25, -0.2) is 9.37 Å². The molecule has 19 heavy (non-hydrogen) atoms. The van der Waals surface area contributed by atoms with Gasteiger partial charge in [0.2, 0.25) is 0 Å². The molecule has 0 fully saturated rings. The average Bonchev–Trinajstić information content (AvgIpc) is 2.85. The summed E-state index contributed by atoms with van der Waals surface area (Å²) in [5.74, 6) is 0.344. The maximum Gasteiger partial charge on any atom is 0.260 e. The molecule has 2 rings (SSSR count). The molecule has 0 saturated carbocycles. The third-order valence-corrected chi connectivity index (χ3v) is 3.41. The van der Waals surface area contributed by atoms with E-state index in [-0.39, 0.29) is 5.82 Å². The Bertz CT molecular complexity index is 514. The third kappa shape index (κ3) is 4.36. The van der Waals surface area contributed by atoms with Gasteiger partial charge >= 0.3 is 0 Å². The number of aromatic nitrogens is 1. The number of nitrogens with one attached hydrogen (secondary N) is 1. The van der Waals surface area contributed by atoms with Crippen molar-refractivity contribution in [3.63, 3.8) is 0 Å². The van der Waals surface area contributed by atoms with Crippen LogP contribution in [0.3, 0.4) is 0 Å². The van der Waals surface area contributed by atoms with Crippen LogP contribution >= 0.6 is 11.8 Å². The van der Waals surface area contributed by atoms with Gasteiger partial charge in [-0.15, -0.1) is 0 Å². The molecule has 0 radical (unpaired) electrons. The molecule has 102 valence electrons. The van der Waals surface area contributed by atoms with Crippen LogP contribution in [0, 0.1) is 11.7 Å². The van der Waals surface area contributed by atoms with Crippen LogP contribution in [-0.4, -0.2) is 11.5 Å². The van der Waals surface area contributed by atoms with E-state index in [0.717, 1.165) is 12.1 Å². The minimum Gasteiger partial charge on any atom is -0.440 e. The third-order valence-electron chi connectivity index (χ3n) is 2.48. The fraction of sp³-hybridized carbons (Fsp3) is 0.357. The van der Waals surface area contributed by atoms with Crippen molar-refractivity contribution in [2.45, 2.75) is 30.5 Å². The van der Waals surface area contributed by atoms with Crippen molar-refractivity contribution >= 4 is 11.8 Å². The molecule has 3 nitrogen and oxygen atoms in total. The topological polar surface area (TPSA) is 38.1 Å². The van der Waals surface area contributed by atoms with E-state index in [1.807, 2.05) is 6.07 Å². The Morgan fingerprint density at radius 3 is 2.89 bits per heavy atom. The summed E-state index contributed by atoms with van der Waals surface area (Å²) >= 11 is 1.19. The minimum absolute atomic E-state index is 0.243. The molecule has 5 heteroatoms. The number of rotatable bonds is 6. The highest BCUT2D eigenvalue weighted by Gasteiger charge is 2.08. The van der Waals surface area contributed by atoms with Crippen molar-refractivity contribution in [1.82, 2.24) is 10.3 Å². The smallest absolute Gasteiger partial charge is 0.260 e. The highest BCUT2D eigenvalue weighted by Crippen LogP contribution is 2.28. The maximum absolute atomic E-state index is 13.9. The Morgan fingerprint density at radius 1 is 1.42 bits per heavy atom. The molecule has 1 N–H and O–H groups in total. The zero-order chi connectivity index (χ0) is 13.7. The average molecular weight is 280 g/mol. The molecule has 0 atom stereocenters. The fourth-order valence-corrected chi connectivity index (χ4v) is 2.29. The Balaban J connectivity index is 1.97. The summed E-state index contributed by atoms with van der Waals surface area (Å²) in [5.41, 5.74) is 0.940. The SMILES string of the molecule is CC(C)CNCc1ccc(Sc2ncco2)c(F)c1. The molecule has 0 aliphatic rings. The second kappa shape index (κ2) is 6.73. The van der Waals surface area contributed by atoms with Crippen molar-refractivity contribution in [2.24, 2.45) is 5.92 Å². The van der Waals surface area contributed by atoms with E-state index in [1.165, 1.54) is 18.0 Å². The van der Waals surface area contributed by atoms with E-state index in [9.17, 15) is 4.39 Å². The monoisotopic (exact) mass is 280 g/mol.